The van der Waals surface area contributed by atoms with Gasteiger partial charge in [-0.25, -0.2) is 0 Å². The van der Waals surface area contributed by atoms with Crippen molar-refractivity contribution in [1.82, 2.24) is 4.98 Å². The van der Waals surface area contributed by atoms with E-state index in [1.54, 1.807) is 24.5 Å². The van der Waals surface area contributed by atoms with Gasteiger partial charge in [0.25, 0.3) is 0 Å². The Hall–Kier alpha value is -1.70. The smallest absolute Gasteiger partial charge is 0.150 e. The summed E-state index contributed by atoms with van der Waals surface area (Å²) in [6, 6.07) is 10.7. The normalized spacial score (nSPS) is 8.33. The number of aromatic nitrogens is 1. The molecule has 0 aliphatic carbocycles. The highest BCUT2D eigenvalue weighted by Gasteiger charge is 1.78. The summed E-state index contributed by atoms with van der Waals surface area (Å²) >= 11 is 0. The first-order valence-electron chi connectivity index (χ1n) is 3.62. The van der Waals surface area contributed by atoms with Crippen molar-refractivity contribution in [3.05, 3.63) is 54.4 Å². The lowest BCUT2D eigenvalue weighted by molar-refractivity contribution is 0.112. The zero-order valence-corrected chi connectivity index (χ0v) is 6.55. The highest BCUT2D eigenvalue weighted by molar-refractivity contribution is 5.73. The average molecular weight is 159 g/mol. The summed E-state index contributed by atoms with van der Waals surface area (Å²) in [5.74, 6) is 0. The third kappa shape index (κ3) is 2.92. The van der Waals surface area contributed by atoms with Crippen LogP contribution in [0, 0.1) is 0 Å². The van der Waals surface area contributed by atoms with Gasteiger partial charge in [0.2, 0.25) is 0 Å². The molecule has 0 amide bonds. The van der Waals surface area contributed by atoms with Gasteiger partial charge >= 0.3 is 0 Å². The second-order valence-corrected chi connectivity index (χ2v) is 2.17. The van der Waals surface area contributed by atoms with Crippen molar-refractivity contribution in [2.45, 2.75) is 0 Å². The van der Waals surface area contributed by atoms with Crippen molar-refractivity contribution in [1.29, 1.82) is 0 Å². The Morgan fingerprint density at radius 3 is 2.67 bits per heavy atom. The zero-order valence-electron chi connectivity index (χ0n) is 6.55. The summed E-state index contributed by atoms with van der Waals surface area (Å²) in [4.78, 5) is 14.3. The second kappa shape index (κ2) is 5.02. The van der Waals surface area contributed by atoms with Crippen LogP contribution < -0.4 is 0 Å². The van der Waals surface area contributed by atoms with E-state index < -0.39 is 0 Å². The van der Waals surface area contributed by atoms with E-state index in [1.807, 2.05) is 24.3 Å². The molecule has 0 fully saturated rings. The molecular weight excluding hydrogens is 150 g/mol. The maximum absolute atomic E-state index is 10.4. The molecule has 0 unspecified atom stereocenters. The van der Waals surface area contributed by atoms with Crippen LogP contribution in [0.15, 0.2) is 48.8 Å². The second-order valence-electron chi connectivity index (χ2n) is 2.17. The highest BCUT2D eigenvalue weighted by Crippen LogP contribution is 1.87. The SMILES string of the molecule is O=Cc1ccccccncc1. The molecule has 0 saturated heterocycles. The van der Waals surface area contributed by atoms with Gasteiger partial charge in [-0.15, -0.1) is 0 Å². The Morgan fingerprint density at radius 2 is 1.83 bits per heavy atom. The van der Waals surface area contributed by atoms with Gasteiger partial charge in [-0.2, -0.15) is 0 Å². The Balaban J connectivity index is 3.15. The number of hydrogen-bond donors (Lipinski definition) is 0. The first-order valence-corrected chi connectivity index (χ1v) is 3.62. The van der Waals surface area contributed by atoms with Crippen molar-refractivity contribution < 1.29 is 4.79 Å². The summed E-state index contributed by atoms with van der Waals surface area (Å²) in [6.07, 6.45) is 4.04. The van der Waals surface area contributed by atoms with Crippen LogP contribution in [0.2, 0.25) is 0 Å². The molecule has 0 aliphatic heterocycles. The molecule has 0 atom stereocenters. The fraction of sp³-hybridized carbons (Fsp3) is 0. The van der Waals surface area contributed by atoms with Crippen molar-refractivity contribution >= 4 is 6.29 Å². The van der Waals surface area contributed by atoms with Gasteiger partial charge in [-0.1, -0.05) is 24.3 Å². The molecule has 1 aromatic heterocycles. The van der Waals surface area contributed by atoms with E-state index in [0.29, 0.717) is 5.56 Å². The van der Waals surface area contributed by atoms with Crippen molar-refractivity contribution in [2.24, 2.45) is 0 Å². The monoisotopic (exact) mass is 159 g/mol. The molecular formula is C10H9NO. The Morgan fingerprint density at radius 1 is 1.00 bits per heavy atom. The molecule has 0 aromatic carbocycles. The van der Waals surface area contributed by atoms with E-state index in [4.69, 9.17) is 0 Å². The van der Waals surface area contributed by atoms with Crippen LogP contribution in [0.5, 0.6) is 0 Å². The van der Waals surface area contributed by atoms with E-state index in [-0.39, 0.29) is 0 Å². The fourth-order valence-corrected chi connectivity index (χ4v) is 0.707. The van der Waals surface area contributed by atoms with Crippen molar-refractivity contribution in [3.63, 3.8) is 0 Å². The number of carbonyl (C=O) groups is 1. The molecule has 1 aromatic rings. The summed E-state index contributed by atoms with van der Waals surface area (Å²) in [6.45, 7) is 0. The molecule has 0 radical (unpaired) electrons. The van der Waals surface area contributed by atoms with Crippen LogP contribution in [0.25, 0.3) is 0 Å². The minimum absolute atomic E-state index is 0.610. The molecule has 12 heavy (non-hydrogen) atoms. The van der Waals surface area contributed by atoms with Crippen LogP contribution >= 0.6 is 0 Å². The molecule has 60 valence electrons. The molecule has 0 saturated carbocycles. The lowest BCUT2D eigenvalue weighted by atomic mass is 10.3. The van der Waals surface area contributed by atoms with Gasteiger partial charge in [-0.3, -0.25) is 9.78 Å². The summed E-state index contributed by atoms with van der Waals surface area (Å²) in [5, 5.41) is 0. The Bertz CT molecular complexity index is 284. The Labute approximate surface area is 71.2 Å². The van der Waals surface area contributed by atoms with E-state index in [0.717, 1.165) is 6.29 Å². The van der Waals surface area contributed by atoms with Crippen LogP contribution in [0.3, 0.4) is 0 Å². The Kier molecular flexibility index (Phi) is 3.51. The zero-order chi connectivity index (χ0) is 8.65. The molecule has 2 heteroatoms. The number of carbonyl (C=O) groups excluding carboxylic acids is 1. The number of aldehydes is 1. The minimum Gasteiger partial charge on any atom is -0.298 e. The van der Waals surface area contributed by atoms with Crippen molar-refractivity contribution in [2.75, 3.05) is 0 Å². The van der Waals surface area contributed by atoms with E-state index in [9.17, 15) is 4.79 Å². The first-order chi connectivity index (χ1) is 5.93. The first kappa shape index (κ1) is 8.40. The maximum atomic E-state index is 10.4. The highest BCUT2D eigenvalue weighted by atomic mass is 16.1. The standard InChI is InChI=1S/C10H9NO/c12-9-10-5-3-1-2-4-7-11-8-6-10/h1-9H. The summed E-state index contributed by atoms with van der Waals surface area (Å²) in [5.41, 5.74) is 0.610. The summed E-state index contributed by atoms with van der Waals surface area (Å²) in [7, 11) is 0. The lowest BCUT2D eigenvalue weighted by Crippen LogP contribution is -1.72. The average Bonchev–Trinajstić information content (AvgIpc) is 2.14. The van der Waals surface area contributed by atoms with Crippen LogP contribution in [-0.2, 0) is 0 Å². The number of hydrogen-bond acceptors (Lipinski definition) is 2. The van der Waals surface area contributed by atoms with Gasteiger partial charge in [0.05, 0.1) is 0 Å². The largest absolute Gasteiger partial charge is 0.298 e. The topological polar surface area (TPSA) is 30.0 Å². The molecule has 0 aliphatic rings. The number of nitrogens with zero attached hydrogens (tertiary/aromatic N) is 1. The van der Waals surface area contributed by atoms with E-state index in [1.165, 1.54) is 0 Å². The fourth-order valence-electron chi connectivity index (χ4n) is 0.707. The minimum atomic E-state index is 0.610. The lowest BCUT2D eigenvalue weighted by Gasteiger charge is -1.79. The van der Waals surface area contributed by atoms with Gasteiger partial charge in [0, 0.05) is 18.0 Å². The molecule has 1 rings (SSSR count). The maximum Gasteiger partial charge on any atom is 0.150 e. The van der Waals surface area contributed by atoms with Crippen LogP contribution in [-0.4, -0.2) is 11.3 Å². The summed E-state index contributed by atoms with van der Waals surface area (Å²) < 4.78 is 0. The third-order valence-corrected chi connectivity index (χ3v) is 1.28. The molecule has 0 bridgehead atoms. The van der Waals surface area contributed by atoms with E-state index >= 15 is 0 Å². The predicted molar refractivity (Wildman–Crippen MR) is 47.3 cm³/mol. The van der Waals surface area contributed by atoms with Gasteiger partial charge < -0.3 is 0 Å². The predicted octanol–water partition coefficient (Wildman–Crippen LogP) is 2.02. The third-order valence-electron chi connectivity index (χ3n) is 1.28. The molecule has 1 heterocycles. The van der Waals surface area contributed by atoms with Gasteiger partial charge in [0.1, 0.15) is 6.29 Å². The van der Waals surface area contributed by atoms with Gasteiger partial charge in [0.15, 0.2) is 0 Å². The van der Waals surface area contributed by atoms with Crippen molar-refractivity contribution in [3.8, 4) is 0 Å². The number of rotatable bonds is 1. The van der Waals surface area contributed by atoms with E-state index in [2.05, 4.69) is 4.98 Å². The van der Waals surface area contributed by atoms with Crippen LogP contribution in [0.1, 0.15) is 10.4 Å². The molecule has 2 nitrogen and oxygen atoms in total. The molecule has 0 spiro atoms. The van der Waals surface area contributed by atoms with Gasteiger partial charge in [-0.05, 0) is 12.1 Å². The molecule has 0 N–H and O–H groups in total. The quantitative estimate of drug-likeness (QED) is 0.587. The van der Waals surface area contributed by atoms with Crippen LogP contribution in [0.4, 0.5) is 0 Å².